The largest absolute Gasteiger partial charge is 0.493 e. The molecule has 0 spiro atoms. The number of nitrogens with zero attached hydrogens (tertiary/aromatic N) is 4. The summed E-state index contributed by atoms with van der Waals surface area (Å²) in [4.78, 5) is 51.0. The van der Waals surface area contributed by atoms with Gasteiger partial charge in [0.1, 0.15) is 17.4 Å². The van der Waals surface area contributed by atoms with Crippen LogP contribution in [-0.4, -0.2) is 90.2 Å². The second-order valence-corrected chi connectivity index (χ2v) is 17.2. The zero-order valence-electron chi connectivity index (χ0n) is 35.4. The van der Waals surface area contributed by atoms with Crippen molar-refractivity contribution in [3.8, 4) is 11.5 Å². The number of benzene rings is 3. The normalized spacial score (nSPS) is 19.0. The van der Waals surface area contributed by atoms with Gasteiger partial charge in [0, 0.05) is 74.1 Å². The van der Waals surface area contributed by atoms with Crippen molar-refractivity contribution in [3.05, 3.63) is 77.1 Å². The number of ketones is 2. The molecule has 1 aliphatic heterocycles. The Morgan fingerprint density at radius 1 is 1.00 bits per heavy atom. The highest BCUT2D eigenvalue weighted by Crippen LogP contribution is 2.47. The Bertz CT molecular complexity index is 2240. The molecule has 1 saturated heterocycles. The molecule has 61 heavy (non-hydrogen) atoms. The quantitative estimate of drug-likeness (QED) is 0.0787. The Balaban J connectivity index is 0.901. The lowest BCUT2D eigenvalue weighted by molar-refractivity contribution is -0.137. The van der Waals surface area contributed by atoms with Crippen LogP contribution in [0.3, 0.4) is 0 Å². The van der Waals surface area contributed by atoms with Crippen LogP contribution in [0, 0.1) is 12.3 Å². The lowest BCUT2D eigenvalue weighted by Gasteiger charge is -2.32. The lowest BCUT2D eigenvalue weighted by Crippen LogP contribution is -2.39. The van der Waals surface area contributed by atoms with Crippen molar-refractivity contribution in [1.82, 2.24) is 19.8 Å². The van der Waals surface area contributed by atoms with Gasteiger partial charge in [-0.3, -0.25) is 14.4 Å². The third-order valence-electron chi connectivity index (χ3n) is 12.4. The first-order valence-corrected chi connectivity index (χ1v) is 21.2. The molecule has 1 aromatic heterocycles. The number of nitrogens with one attached hydrogen (secondary N) is 2. The molecule has 2 atom stereocenters. The predicted molar refractivity (Wildman–Crippen MR) is 229 cm³/mol. The SMILES string of the molecule is COc1cc2nc(C)nc(N[C@H](C)c3cc(N)cc(C(F)(F)F)c3)c2cc1OCC1(CN(C)C(=O)CCN2CCC(c3ccc(NC4CCC(=O)CCC4=O)cc3)CC2)CC1. The second kappa shape index (κ2) is 18.3. The van der Waals surface area contributed by atoms with Crippen LogP contribution < -0.4 is 25.8 Å². The minimum Gasteiger partial charge on any atom is -0.493 e. The van der Waals surface area contributed by atoms with Gasteiger partial charge in [0.25, 0.3) is 0 Å². The molecular formula is C46H56F3N7O5. The van der Waals surface area contributed by atoms with Crippen molar-refractivity contribution in [3.63, 3.8) is 0 Å². The number of carbonyl (C=O) groups is 3. The number of ether oxygens (including phenoxy) is 2. The van der Waals surface area contributed by atoms with Crippen molar-refractivity contribution < 1.29 is 37.0 Å². The summed E-state index contributed by atoms with van der Waals surface area (Å²) >= 11 is 0. The van der Waals surface area contributed by atoms with Gasteiger partial charge in [0.2, 0.25) is 5.91 Å². The first-order chi connectivity index (χ1) is 29.1. The van der Waals surface area contributed by atoms with Gasteiger partial charge in [-0.05, 0) is 112 Å². The van der Waals surface area contributed by atoms with E-state index in [0.717, 1.165) is 56.6 Å². The number of fused-ring (bicyclic) bond motifs is 1. The highest BCUT2D eigenvalue weighted by atomic mass is 19.4. The van der Waals surface area contributed by atoms with E-state index in [0.29, 0.717) is 97.3 Å². The van der Waals surface area contributed by atoms with Gasteiger partial charge in [0.15, 0.2) is 17.3 Å². The molecule has 2 aliphatic carbocycles. The molecule has 3 aromatic carbocycles. The van der Waals surface area contributed by atoms with Crippen LogP contribution in [0.25, 0.3) is 10.9 Å². The number of aromatic nitrogens is 2. The molecule has 0 radical (unpaired) electrons. The van der Waals surface area contributed by atoms with E-state index in [4.69, 9.17) is 15.2 Å². The van der Waals surface area contributed by atoms with Crippen LogP contribution in [0.2, 0.25) is 0 Å². The Labute approximate surface area is 354 Å². The Morgan fingerprint density at radius 3 is 2.43 bits per heavy atom. The van der Waals surface area contributed by atoms with E-state index in [-0.39, 0.29) is 34.6 Å². The molecule has 4 N–H and O–H groups in total. The second-order valence-electron chi connectivity index (χ2n) is 17.2. The highest BCUT2D eigenvalue weighted by molar-refractivity contribution is 5.93. The molecule has 2 heterocycles. The van der Waals surface area contributed by atoms with Crippen molar-refractivity contribution in [1.29, 1.82) is 0 Å². The number of amides is 1. The summed E-state index contributed by atoms with van der Waals surface area (Å²) in [7, 11) is 3.40. The molecule has 2 saturated carbocycles. The number of aryl methyl sites for hydroxylation is 1. The zero-order valence-corrected chi connectivity index (χ0v) is 35.4. The van der Waals surface area contributed by atoms with Crippen LogP contribution in [-0.2, 0) is 20.6 Å². The van der Waals surface area contributed by atoms with E-state index in [2.05, 4.69) is 37.6 Å². The number of nitrogens with two attached hydrogens (primary N) is 1. The summed E-state index contributed by atoms with van der Waals surface area (Å²) in [6, 6.07) is 14.5. The maximum absolute atomic E-state index is 13.6. The number of halogens is 3. The van der Waals surface area contributed by atoms with Gasteiger partial charge >= 0.3 is 6.18 Å². The maximum Gasteiger partial charge on any atom is 0.416 e. The monoisotopic (exact) mass is 843 g/mol. The molecule has 3 fully saturated rings. The molecule has 7 rings (SSSR count). The topological polar surface area (TPSA) is 152 Å². The number of alkyl halides is 3. The van der Waals surface area contributed by atoms with Crippen LogP contribution in [0.1, 0.15) is 99.2 Å². The van der Waals surface area contributed by atoms with E-state index < -0.39 is 17.8 Å². The first-order valence-electron chi connectivity index (χ1n) is 21.2. The van der Waals surface area contributed by atoms with Crippen LogP contribution in [0.5, 0.6) is 11.5 Å². The summed E-state index contributed by atoms with van der Waals surface area (Å²) in [5.41, 5.74) is 7.97. The molecule has 1 amide bonds. The number of likely N-dealkylation sites (tertiary alicyclic amines) is 1. The molecule has 12 nitrogen and oxygen atoms in total. The van der Waals surface area contributed by atoms with E-state index in [1.54, 1.807) is 33.1 Å². The molecule has 15 heteroatoms. The van der Waals surface area contributed by atoms with Crippen molar-refractivity contribution in [2.24, 2.45) is 5.41 Å². The third-order valence-corrected chi connectivity index (χ3v) is 12.4. The number of piperidine rings is 1. The molecule has 326 valence electrons. The number of rotatable bonds is 15. The molecule has 0 bridgehead atoms. The number of nitrogen functional groups attached to an aromatic ring is 1. The number of methoxy groups -OCH3 is 1. The molecule has 4 aromatic rings. The number of anilines is 3. The standard InChI is InChI=1S/C46H56F3N7O5/c1-28(32-21-33(46(47,48)49)23-34(50)22-32)51-44-37-24-42(41(60-4)25-39(37)52-29(2)53-44)61-27-45(16-17-45)26-55(3)43(59)15-20-56-18-13-31(14-19-56)30-5-7-35(8-6-30)54-38-11-9-36(57)10-12-40(38)58/h5-8,21-25,28,31,38,54H,9-20,26-27,50H2,1-4H3,(H,51,52,53)/t28-,38?/m1/s1. The molecule has 1 unspecified atom stereocenters. The van der Waals surface area contributed by atoms with Crippen molar-refractivity contribution >= 4 is 45.6 Å². The van der Waals surface area contributed by atoms with Crippen LogP contribution in [0.15, 0.2) is 54.6 Å². The Kier molecular flexibility index (Phi) is 13.1. The first kappa shape index (κ1) is 43.6. The van der Waals surface area contributed by atoms with Crippen molar-refractivity contribution in [2.45, 2.75) is 95.8 Å². The van der Waals surface area contributed by atoms with Gasteiger partial charge in [-0.15, -0.1) is 0 Å². The minimum absolute atomic E-state index is 0.0148. The summed E-state index contributed by atoms with van der Waals surface area (Å²) in [6.45, 7) is 6.94. The van der Waals surface area contributed by atoms with Gasteiger partial charge in [-0.25, -0.2) is 9.97 Å². The smallest absolute Gasteiger partial charge is 0.416 e. The molecular weight excluding hydrogens is 788 g/mol. The fourth-order valence-corrected chi connectivity index (χ4v) is 8.53. The summed E-state index contributed by atoms with van der Waals surface area (Å²) in [5.74, 6) is 2.65. The number of carbonyl (C=O) groups excluding carboxylic acids is 3. The van der Waals surface area contributed by atoms with E-state index >= 15 is 0 Å². The predicted octanol–water partition coefficient (Wildman–Crippen LogP) is 8.10. The lowest BCUT2D eigenvalue weighted by atomic mass is 9.89. The summed E-state index contributed by atoms with van der Waals surface area (Å²) in [5, 5.41) is 7.21. The van der Waals surface area contributed by atoms with Crippen LogP contribution in [0.4, 0.5) is 30.4 Å². The van der Waals surface area contributed by atoms with Gasteiger partial charge in [-0.1, -0.05) is 12.1 Å². The van der Waals surface area contributed by atoms with E-state index in [1.165, 1.54) is 11.6 Å². The van der Waals surface area contributed by atoms with E-state index in [9.17, 15) is 27.6 Å². The van der Waals surface area contributed by atoms with Gasteiger partial charge in [-0.2, -0.15) is 13.2 Å². The van der Waals surface area contributed by atoms with Gasteiger partial charge < -0.3 is 35.6 Å². The number of Topliss-reactive ketones (excluding diaryl/α,β-unsaturated/α-hetero) is 2. The highest BCUT2D eigenvalue weighted by Gasteiger charge is 2.45. The number of hydrogen-bond donors (Lipinski definition) is 3. The Morgan fingerprint density at radius 2 is 1.74 bits per heavy atom. The van der Waals surface area contributed by atoms with Gasteiger partial charge in [0.05, 0.1) is 36.9 Å². The maximum atomic E-state index is 13.6. The third kappa shape index (κ3) is 10.9. The Hall–Kier alpha value is -5.44. The molecule has 3 aliphatic rings. The minimum atomic E-state index is -4.54. The average Bonchev–Trinajstić information content (AvgIpc) is 4.03. The number of hydrogen-bond acceptors (Lipinski definition) is 11. The fourth-order valence-electron chi connectivity index (χ4n) is 8.53. The van der Waals surface area contributed by atoms with Crippen molar-refractivity contribution in [2.75, 3.05) is 63.3 Å². The van der Waals surface area contributed by atoms with E-state index in [1.807, 2.05) is 24.1 Å². The summed E-state index contributed by atoms with van der Waals surface area (Å²) < 4.78 is 52.8. The zero-order chi connectivity index (χ0) is 43.5. The average molecular weight is 844 g/mol. The van der Waals surface area contributed by atoms with Crippen LogP contribution >= 0.6 is 0 Å². The fraction of sp³-hybridized carbons (Fsp3) is 0.500. The summed E-state index contributed by atoms with van der Waals surface area (Å²) in [6.07, 6.45) is 1.38.